The lowest BCUT2D eigenvalue weighted by Crippen LogP contribution is -2.56. The second-order valence-corrected chi connectivity index (χ2v) is 8.46. The van der Waals surface area contributed by atoms with Crippen molar-refractivity contribution in [1.29, 1.82) is 0 Å². The van der Waals surface area contributed by atoms with Crippen LogP contribution in [0, 0.1) is 11.7 Å². The first-order valence-corrected chi connectivity index (χ1v) is 10.6. The van der Waals surface area contributed by atoms with Crippen LogP contribution in [-0.4, -0.2) is 59.7 Å². The molecule has 4 rings (SSSR count). The van der Waals surface area contributed by atoms with E-state index in [1.165, 1.54) is 12.1 Å². The maximum absolute atomic E-state index is 13.5. The molecular formula is C24H26FN3O3. The van der Waals surface area contributed by atoms with Gasteiger partial charge in [0.2, 0.25) is 5.91 Å². The van der Waals surface area contributed by atoms with Crippen LogP contribution in [0.2, 0.25) is 0 Å². The van der Waals surface area contributed by atoms with Crippen molar-refractivity contribution in [3.8, 4) is 0 Å². The van der Waals surface area contributed by atoms with Crippen LogP contribution >= 0.6 is 0 Å². The number of piperazine rings is 1. The third-order valence-electron chi connectivity index (χ3n) is 5.90. The average Bonchev–Trinajstić information content (AvgIpc) is 3.02. The number of benzene rings is 2. The Bertz CT molecular complexity index is 962. The third kappa shape index (κ3) is 4.04. The van der Waals surface area contributed by atoms with Gasteiger partial charge in [-0.15, -0.1) is 0 Å². The zero-order valence-corrected chi connectivity index (χ0v) is 17.8. The Hall–Kier alpha value is -3.22. The Balaban J connectivity index is 1.50. The molecule has 6 nitrogen and oxygen atoms in total. The zero-order valence-electron chi connectivity index (χ0n) is 17.8. The molecule has 0 aliphatic carbocycles. The standard InChI is InChI=1S/C24H26FN3O3/c1-16(2)15-21(28-22(29)19-5-3-4-6-20(19)23(28)30)24(31)27-13-11-26(12-14-27)18-9-7-17(25)8-10-18/h3-10,16,21H,11-15H2,1-2H3. The highest BCUT2D eigenvalue weighted by atomic mass is 19.1. The van der Waals surface area contributed by atoms with Crippen molar-refractivity contribution < 1.29 is 18.8 Å². The summed E-state index contributed by atoms with van der Waals surface area (Å²) in [5.41, 5.74) is 1.62. The van der Waals surface area contributed by atoms with Crippen LogP contribution in [0.15, 0.2) is 48.5 Å². The van der Waals surface area contributed by atoms with E-state index in [9.17, 15) is 18.8 Å². The fourth-order valence-electron chi connectivity index (χ4n) is 4.30. The molecule has 1 atom stereocenters. The fraction of sp³-hybridized carbons (Fsp3) is 0.375. The summed E-state index contributed by atoms with van der Waals surface area (Å²) in [7, 11) is 0. The van der Waals surface area contributed by atoms with Crippen molar-refractivity contribution in [3.63, 3.8) is 0 Å². The summed E-state index contributed by atoms with van der Waals surface area (Å²) in [5, 5.41) is 0. The first kappa shape index (κ1) is 21.0. The Kier molecular flexibility index (Phi) is 5.76. The molecule has 2 aromatic rings. The maximum atomic E-state index is 13.5. The molecule has 1 unspecified atom stereocenters. The molecule has 2 heterocycles. The van der Waals surface area contributed by atoms with E-state index in [-0.39, 0.29) is 17.6 Å². The number of hydrogen-bond donors (Lipinski definition) is 0. The van der Waals surface area contributed by atoms with Crippen LogP contribution in [0.4, 0.5) is 10.1 Å². The predicted octanol–water partition coefficient (Wildman–Crippen LogP) is 3.19. The lowest BCUT2D eigenvalue weighted by Gasteiger charge is -2.39. The molecule has 0 bridgehead atoms. The van der Waals surface area contributed by atoms with Crippen molar-refractivity contribution in [1.82, 2.24) is 9.80 Å². The number of nitrogens with zero attached hydrogens (tertiary/aromatic N) is 3. The van der Waals surface area contributed by atoms with Crippen LogP contribution in [-0.2, 0) is 4.79 Å². The van der Waals surface area contributed by atoms with Gasteiger partial charge >= 0.3 is 0 Å². The smallest absolute Gasteiger partial charge is 0.262 e. The van der Waals surface area contributed by atoms with Crippen LogP contribution < -0.4 is 4.90 Å². The molecule has 3 amide bonds. The minimum Gasteiger partial charge on any atom is -0.368 e. The number of hydrogen-bond acceptors (Lipinski definition) is 4. The van der Waals surface area contributed by atoms with Gasteiger partial charge in [-0.2, -0.15) is 0 Å². The van der Waals surface area contributed by atoms with Crippen LogP contribution in [0.1, 0.15) is 41.0 Å². The molecule has 0 spiro atoms. The van der Waals surface area contributed by atoms with Crippen molar-refractivity contribution >= 4 is 23.4 Å². The first-order valence-electron chi connectivity index (χ1n) is 10.6. The molecule has 2 aromatic carbocycles. The van der Waals surface area contributed by atoms with E-state index in [1.807, 2.05) is 13.8 Å². The Morgan fingerprint density at radius 2 is 1.45 bits per heavy atom. The molecule has 2 aliphatic heterocycles. The van der Waals surface area contributed by atoms with Crippen molar-refractivity contribution in [3.05, 3.63) is 65.5 Å². The summed E-state index contributed by atoms with van der Waals surface area (Å²) in [6, 6.07) is 12.2. The van der Waals surface area contributed by atoms with Gasteiger partial charge in [0.25, 0.3) is 11.8 Å². The lowest BCUT2D eigenvalue weighted by molar-refractivity contribution is -0.136. The van der Waals surface area contributed by atoms with Gasteiger partial charge in [0.15, 0.2) is 0 Å². The minimum absolute atomic E-state index is 0.138. The highest BCUT2D eigenvalue weighted by molar-refractivity contribution is 6.22. The Morgan fingerprint density at radius 1 is 0.903 bits per heavy atom. The number of imide groups is 1. The van der Waals surface area contributed by atoms with Crippen LogP contribution in [0.25, 0.3) is 0 Å². The largest absolute Gasteiger partial charge is 0.368 e. The van der Waals surface area contributed by atoms with Gasteiger partial charge in [-0.1, -0.05) is 26.0 Å². The molecule has 31 heavy (non-hydrogen) atoms. The van der Waals surface area contributed by atoms with E-state index in [2.05, 4.69) is 4.90 Å². The summed E-state index contributed by atoms with van der Waals surface area (Å²) in [6.07, 6.45) is 0.419. The van der Waals surface area contributed by atoms with E-state index in [4.69, 9.17) is 0 Å². The quantitative estimate of drug-likeness (QED) is 0.693. The predicted molar refractivity (Wildman–Crippen MR) is 115 cm³/mol. The normalized spacial score (nSPS) is 17.4. The number of anilines is 1. The average molecular weight is 423 g/mol. The van der Waals surface area contributed by atoms with Gasteiger partial charge in [-0.05, 0) is 48.7 Å². The second-order valence-electron chi connectivity index (χ2n) is 8.46. The topological polar surface area (TPSA) is 60.9 Å². The minimum atomic E-state index is -0.815. The number of rotatable bonds is 5. The van der Waals surface area contributed by atoms with Gasteiger partial charge in [-0.3, -0.25) is 19.3 Å². The van der Waals surface area contributed by atoms with Gasteiger partial charge in [0, 0.05) is 31.9 Å². The molecule has 162 valence electrons. The maximum Gasteiger partial charge on any atom is 0.262 e. The number of halogens is 1. The molecule has 1 saturated heterocycles. The van der Waals surface area contributed by atoms with Crippen molar-refractivity contribution in [2.45, 2.75) is 26.3 Å². The SMILES string of the molecule is CC(C)CC(C(=O)N1CCN(c2ccc(F)cc2)CC1)N1C(=O)c2ccccc2C1=O. The van der Waals surface area contributed by atoms with E-state index in [0.29, 0.717) is 43.7 Å². The number of carbonyl (C=O) groups is 3. The lowest BCUT2D eigenvalue weighted by atomic mass is 10.0. The molecular weight excluding hydrogens is 397 g/mol. The van der Waals surface area contributed by atoms with E-state index >= 15 is 0 Å². The van der Waals surface area contributed by atoms with E-state index in [0.717, 1.165) is 10.6 Å². The summed E-state index contributed by atoms with van der Waals surface area (Å²) in [6.45, 7) is 6.12. The second kappa shape index (κ2) is 8.49. The highest BCUT2D eigenvalue weighted by Gasteiger charge is 2.44. The molecule has 0 N–H and O–H groups in total. The molecule has 1 fully saturated rings. The number of fused-ring (bicyclic) bond motifs is 1. The molecule has 2 aliphatic rings. The summed E-state index contributed by atoms with van der Waals surface area (Å²) in [4.78, 5) is 44.4. The molecule has 0 saturated carbocycles. The third-order valence-corrected chi connectivity index (χ3v) is 5.90. The number of amides is 3. The molecule has 7 heteroatoms. The van der Waals surface area contributed by atoms with Crippen molar-refractivity contribution in [2.24, 2.45) is 5.92 Å². The molecule has 0 radical (unpaired) electrons. The number of carbonyl (C=O) groups excluding carboxylic acids is 3. The highest BCUT2D eigenvalue weighted by Crippen LogP contribution is 2.28. The van der Waals surface area contributed by atoms with Crippen LogP contribution in [0.5, 0.6) is 0 Å². The fourth-order valence-corrected chi connectivity index (χ4v) is 4.30. The monoisotopic (exact) mass is 423 g/mol. The van der Waals surface area contributed by atoms with Gasteiger partial charge in [-0.25, -0.2) is 4.39 Å². The van der Waals surface area contributed by atoms with Crippen LogP contribution in [0.3, 0.4) is 0 Å². The van der Waals surface area contributed by atoms with Gasteiger partial charge in [0.05, 0.1) is 11.1 Å². The first-order chi connectivity index (χ1) is 14.9. The van der Waals surface area contributed by atoms with Gasteiger partial charge in [0.1, 0.15) is 11.9 Å². The zero-order chi connectivity index (χ0) is 22.1. The summed E-state index contributed by atoms with van der Waals surface area (Å²) >= 11 is 0. The van der Waals surface area contributed by atoms with E-state index < -0.39 is 17.9 Å². The Morgan fingerprint density at radius 3 is 1.97 bits per heavy atom. The summed E-state index contributed by atoms with van der Waals surface area (Å²) < 4.78 is 13.2. The summed E-state index contributed by atoms with van der Waals surface area (Å²) in [5.74, 6) is -1.13. The van der Waals surface area contributed by atoms with E-state index in [1.54, 1.807) is 41.3 Å². The van der Waals surface area contributed by atoms with Crippen molar-refractivity contribution in [2.75, 3.05) is 31.1 Å². The molecule has 0 aromatic heterocycles. The van der Waals surface area contributed by atoms with Gasteiger partial charge < -0.3 is 9.80 Å². The Labute approximate surface area is 181 Å².